The Hall–Kier alpha value is -3.16. The molecule has 0 fully saturated rings. The molecule has 24 heavy (non-hydrogen) atoms. The summed E-state index contributed by atoms with van der Waals surface area (Å²) in [5.74, 6) is -0.377. The Morgan fingerprint density at radius 1 is 0.958 bits per heavy atom. The van der Waals surface area contributed by atoms with Gasteiger partial charge >= 0.3 is 0 Å². The first-order valence-corrected chi connectivity index (χ1v) is 7.35. The largest absolute Gasteiger partial charge is 0.504 e. The number of aryl methyl sites for hydroxylation is 2. The monoisotopic (exact) mass is 330 g/mol. The number of rotatable bonds is 4. The lowest BCUT2D eigenvalue weighted by atomic mass is 9.85. The number of phenolic OH excluding ortho intramolecular Hbond substituents is 1. The standard InChI is InChI=1S/C16H18N4O4/c1-7-12(15(22)19-17-7)14(13-8(2)18-20-16(13)23)9-4-5-11(24-3)10(21)6-9/h4-6,14,21H,1-3H3,(H2,17,19,22)(H2,18,20,23). The zero-order chi connectivity index (χ0) is 17.4. The number of hydrogen-bond acceptors (Lipinski definition) is 4. The highest BCUT2D eigenvalue weighted by Gasteiger charge is 2.28. The number of aromatic hydroxyl groups is 1. The van der Waals surface area contributed by atoms with Gasteiger partial charge in [-0.1, -0.05) is 6.07 Å². The molecule has 0 aliphatic carbocycles. The van der Waals surface area contributed by atoms with E-state index in [1.165, 1.54) is 13.2 Å². The van der Waals surface area contributed by atoms with Gasteiger partial charge < -0.3 is 20.0 Å². The lowest BCUT2D eigenvalue weighted by Gasteiger charge is -2.17. The molecule has 0 radical (unpaired) electrons. The molecule has 0 atom stereocenters. The van der Waals surface area contributed by atoms with Gasteiger partial charge in [0.25, 0.3) is 11.1 Å². The summed E-state index contributed by atoms with van der Waals surface area (Å²) in [6, 6.07) is 4.83. The molecular formula is C16H18N4O4. The van der Waals surface area contributed by atoms with Crippen LogP contribution in [0.25, 0.3) is 0 Å². The first kappa shape index (κ1) is 15.7. The van der Waals surface area contributed by atoms with E-state index in [4.69, 9.17) is 4.74 Å². The van der Waals surface area contributed by atoms with Crippen molar-refractivity contribution in [2.75, 3.05) is 7.11 Å². The molecule has 1 aromatic carbocycles. The zero-order valence-corrected chi connectivity index (χ0v) is 13.5. The van der Waals surface area contributed by atoms with Gasteiger partial charge in [-0.05, 0) is 31.5 Å². The zero-order valence-electron chi connectivity index (χ0n) is 13.5. The first-order chi connectivity index (χ1) is 11.4. The van der Waals surface area contributed by atoms with Crippen molar-refractivity contribution in [2.45, 2.75) is 19.8 Å². The molecule has 0 aliphatic heterocycles. The molecule has 0 spiro atoms. The van der Waals surface area contributed by atoms with Crippen molar-refractivity contribution in [3.05, 3.63) is 67.0 Å². The van der Waals surface area contributed by atoms with E-state index >= 15 is 0 Å². The number of ether oxygens (including phenoxy) is 1. The number of phenols is 1. The molecule has 0 bridgehead atoms. The second-order valence-electron chi connectivity index (χ2n) is 5.60. The third-order valence-electron chi connectivity index (χ3n) is 4.14. The van der Waals surface area contributed by atoms with E-state index in [9.17, 15) is 14.7 Å². The van der Waals surface area contributed by atoms with E-state index in [0.717, 1.165) is 0 Å². The fourth-order valence-corrected chi connectivity index (χ4v) is 2.97. The number of H-pyrrole nitrogens is 4. The van der Waals surface area contributed by atoms with E-state index < -0.39 is 5.92 Å². The number of benzene rings is 1. The predicted octanol–water partition coefficient (Wildman–Crippen LogP) is 1.23. The van der Waals surface area contributed by atoms with Crippen LogP contribution in [-0.2, 0) is 0 Å². The number of aromatic nitrogens is 4. The summed E-state index contributed by atoms with van der Waals surface area (Å²) in [6.45, 7) is 3.50. The van der Waals surface area contributed by atoms with Crippen LogP contribution in [0.4, 0.5) is 0 Å². The van der Waals surface area contributed by atoms with Gasteiger partial charge in [-0.3, -0.25) is 19.8 Å². The molecule has 0 amide bonds. The third kappa shape index (κ3) is 2.41. The highest BCUT2D eigenvalue weighted by molar-refractivity contribution is 5.50. The van der Waals surface area contributed by atoms with E-state index in [1.807, 2.05) is 0 Å². The molecule has 0 saturated heterocycles. The van der Waals surface area contributed by atoms with Crippen molar-refractivity contribution < 1.29 is 9.84 Å². The molecule has 0 unspecified atom stereocenters. The Balaban J connectivity index is 2.30. The second-order valence-corrected chi connectivity index (χ2v) is 5.60. The summed E-state index contributed by atoms with van der Waals surface area (Å²) in [5.41, 5.74) is 2.08. The van der Waals surface area contributed by atoms with Crippen molar-refractivity contribution >= 4 is 0 Å². The third-order valence-corrected chi connectivity index (χ3v) is 4.14. The summed E-state index contributed by atoms with van der Waals surface area (Å²) in [6.07, 6.45) is 0. The lowest BCUT2D eigenvalue weighted by molar-refractivity contribution is 0.373. The average Bonchev–Trinajstić information content (AvgIpc) is 3.05. The Bertz CT molecular complexity index is 938. The minimum Gasteiger partial charge on any atom is -0.504 e. The highest BCUT2D eigenvalue weighted by atomic mass is 16.5. The van der Waals surface area contributed by atoms with Crippen LogP contribution in [0.1, 0.15) is 34.0 Å². The molecule has 5 N–H and O–H groups in total. The van der Waals surface area contributed by atoms with Gasteiger partial charge in [0.2, 0.25) is 0 Å². The summed E-state index contributed by atoms with van der Waals surface area (Å²) < 4.78 is 5.06. The highest BCUT2D eigenvalue weighted by Crippen LogP contribution is 2.35. The molecule has 8 heteroatoms. The number of nitrogens with one attached hydrogen (secondary N) is 4. The van der Waals surface area contributed by atoms with Crippen LogP contribution in [0, 0.1) is 13.8 Å². The Kier molecular flexibility index (Phi) is 3.80. The van der Waals surface area contributed by atoms with Gasteiger partial charge in [0.15, 0.2) is 11.5 Å². The van der Waals surface area contributed by atoms with E-state index in [-0.39, 0.29) is 16.9 Å². The summed E-state index contributed by atoms with van der Waals surface area (Å²) in [7, 11) is 1.45. The summed E-state index contributed by atoms with van der Waals surface area (Å²) >= 11 is 0. The molecule has 3 aromatic rings. The fraction of sp³-hybridized carbons (Fsp3) is 0.250. The molecule has 0 saturated carbocycles. The van der Waals surface area contributed by atoms with Crippen molar-refractivity contribution in [3.8, 4) is 11.5 Å². The van der Waals surface area contributed by atoms with Gasteiger partial charge in [0.05, 0.1) is 18.2 Å². The second kappa shape index (κ2) is 5.80. The van der Waals surface area contributed by atoms with Gasteiger partial charge in [0, 0.05) is 17.3 Å². The maximum atomic E-state index is 12.3. The topological polar surface area (TPSA) is 127 Å². The molecule has 0 aliphatic rings. The molecule has 126 valence electrons. The minimum absolute atomic E-state index is 0.0609. The van der Waals surface area contributed by atoms with Crippen LogP contribution in [0.5, 0.6) is 11.5 Å². The van der Waals surface area contributed by atoms with Gasteiger partial charge in [-0.15, -0.1) is 0 Å². The van der Waals surface area contributed by atoms with Crippen molar-refractivity contribution in [2.24, 2.45) is 0 Å². The molecule has 2 aromatic heterocycles. The quantitative estimate of drug-likeness (QED) is 0.493. The summed E-state index contributed by atoms with van der Waals surface area (Å²) in [5, 5.41) is 20.7. The van der Waals surface area contributed by atoms with Crippen molar-refractivity contribution in [3.63, 3.8) is 0 Å². The van der Waals surface area contributed by atoms with Crippen molar-refractivity contribution in [1.82, 2.24) is 20.4 Å². The van der Waals surface area contributed by atoms with Crippen LogP contribution in [0.2, 0.25) is 0 Å². The van der Waals surface area contributed by atoms with E-state index in [2.05, 4.69) is 20.4 Å². The number of hydrogen-bond donors (Lipinski definition) is 5. The van der Waals surface area contributed by atoms with Crippen LogP contribution in [-0.4, -0.2) is 32.6 Å². The maximum Gasteiger partial charge on any atom is 0.268 e. The van der Waals surface area contributed by atoms with E-state index in [1.54, 1.807) is 26.0 Å². The maximum absolute atomic E-state index is 12.3. The van der Waals surface area contributed by atoms with Crippen molar-refractivity contribution in [1.29, 1.82) is 0 Å². The molecule has 2 heterocycles. The number of aromatic amines is 4. The van der Waals surface area contributed by atoms with Crippen LogP contribution in [0.15, 0.2) is 27.8 Å². The Morgan fingerprint density at radius 2 is 1.50 bits per heavy atom. The van der Waals surface area contributed by atoms with Gasteiger partial charge in [0.1, 0.15) is 0 Å². The van der Waals surface area contributed by atoms with E-state index in [0.29, 0.717) is 33.8 Å². The Labute approximate surface area is 136 Å². The number of methoxy groups -OCH3 is 1. The van der Waals surface area contributed by atoms with Gasteiger partial charge in [-0.25, -0.2) is 0 Å². The SMILES string of the molecule is COc1ccc(C(c2c(C)[nH][nH]c2=O)c2c(C)[nH][nH]c2=O)cc1O. The predicted molar refractivity (Wildman–Crippen MR) is 87.9 cm³/mol. The first-order valence-electron chi connectivity index (χ1n) is 7.35. The molecule has 3 rings (SSSR count). The van der Waals surface area contributed by atoms with Crippen LogP contribution < -0.4 is 15.9 Å². The summed E-state index contributed by atoms with van der Waals surface area (Å²) in [4.78, 5) is 24.6. The Morgan fingerprint density at radius 3 is 1.88 bits per heavy atom. The molecule has 8 nitrogen and oxygen atoms in total. The van der Waals surface area contributed by atoms with Crippen LogP contribution >= 0.6 is 0 Å². The molecular weight excluding hydrogens is 312 g/mol. The van der Waals surface area contributed by atoms with Crippen LogP contribution in [0.3, 0.4) is 0 Å². The fourth-order valence-electron chi connectivity index (χ4n) is 2.97. The normalized spacial score (nSPS) is 11.2. The smallest absolute Gasteiger partial charge is 0.268 e. The van der Waals surface area contributed by atoms with Gasteiger partial charge in [-0.2, -0.15) is 0 Å². The minimum atomic E-state index is -0.633. The lowest BCUT2D eigenvalue weighted by Crippen LogP contribution is -2.20. The average molecular weight is 330 g/mol.